The quantitative estimate of drug-likeness (QED) is 0.608. The van der Waals surface area contributed by atoms with Crippen LogP contribution in [0.3, 0.4) is 0 Å². The highest BCUT2D eigenvalue weighted by Gasteiger charge is 2.19. The number of carbonyl (C=O) groups excluding carboxylic acids is 1. The van der Waals surface area contributed by atoms with Crippen LogP contribution >= 0.6 is 11.6 Å². The first-order chi connectivity index (χ1) is 8.70. The summed E-state index contributed by atoms with van der Waals surface area (Å²) in [5.74, 6) is -0.0838. The van der Waals surface area contributed by atoms with E-state index in [9.17, 15) is 4.79 Å². The lowest BCUT2D eigenvalue weighted by molar-refractivity contribution is 0.0776. The smallest absolute Gasteiger partial charge is 0.255 e. The third-order valence-electron chi connectivity index (χ3n) is 2.76. The Morgan fingerprint density at radius 2 is 1.50 bits per heavy atom. The zero-order valence-corrected chi connectivity index (χ0v) is 10.8. The van der Waals surface area contributed by atoms with Crippen molar-refractivity contribution in [3.63, 3.8) is 0 Å². The molecule has 2 aromatic rings. The summed E-state index contributed by atoms with van der Waals surface area (Å²) in [7, 11) is 1.71. The summed E-state index contributed by atoms with van der Waals surface area (Å²) in [5.41, 5.74) is 1.09. The van der Waals surface area contributed by atoms with Crippen LogP contribution in [0.4, 0.5) is 0 Å². The molecule has 0 bridgehead atoms. The van der Waals surface area contributed by atoms with Crippen LogP contribution in [0.25, 0.3) is 0 Å². The van der Waals surface area contributed by atoms with Crippen molar-refractivity contribution in [3.05, 3.63) is 71.8 Å². The van der Waals surface area contributed by atoms with E-state index in [1.807, 2.05) is 48.5 Å². The highest BCUT2D eigenvalue weighted by atomic mass is 35.5. The van der Waals surface area contributed by atoms with E-state index in [0.29, 0.717) is 5.56 Å². The van der Waals surface area contributed by atoms with E-state index in [0.717, 1.165) is 5.56 Å². The minimum atomic E-state index is -0.459. The van der Waals surface area contributed by atoms with Gasteiger partial charge in [-0.05, 0) is 17.7 Å². The van der Waals surface area contributed by atoms with Crippen molar-refractivity contribution in [2.24, 2.45) is 0 Å². The summed E-state index contributed by atoms with van der Waals surface area (Å²) >= 11 is 6.31. The predicted molar refractivity (Wildman–Crippen MR) is 73.6 cm³/mol. The molecule has 1 atom stereocenters. The third kappa shape index (κ3) is 2.71. The number of carbonyl (C=O) groups is 1. The van der Waals surface area contributed by atoms with Gasteiger partial charge >= 0.3 is 0 Å². The molecule has 0 N–H and O–H groups in total. The molecule has 2 rings (SSSR count). The second-order valence-corrected chi connectivity index (χ2v) is 4.44. The van der Waals surface area contributed by atoms with Crippen molar-refractivity contribution in [3.8, 4) is 0 Å². The van der Waals surface area contributed by atoms with Gasteiger partial charge in [-0.1, -0.05) is 60.1 Å². The number of nitrogens with zero attached hydrogens (tertiary/aromatic N) is 1. The molecule has 0 aromatic heterocycles. The maximum absolute atomic E-state index is 12.2. The van der Waals surface area contributed by atoms with Gasteiger partial charge in [-0.25, -0.2) is 0 Å². The maximum atomic E-state index is 12.2. The fourth-order valence-electron chi connectivity index (χ4n) is 1.72. The summed E-state index contributed by atoms with van der Waals surface area (Å²) in [6, 6.07) is 18.7. The Labute approximate surface area is 112 Å². The van der Waals surface area contributed by atoms with Gasteiger partial charge < -0.3 is 4.90 Å². The summed E-state index contributed by atoms with van der Waals surface area (Å²) < 4.78 is 0. The zero-order chi connectivity index (χ0) is 13.0. The second-order valence-electron chi connectivity index (χ2n) is 4.03. The van der Waals surface area contributed by atoms with Crippen LogP contribution in [0.2, 0.25) is 0 Å². The molecule has 0 saturated carbocycles. The molecule has 0 fully saturated rings. The summed E-state index contributed by atoms with van der Waals surface area (Å²) in [4.78, 5) is 13.7. The summed E-state index contributed by atoms with van der Waals surface area (Å²) in [5, 5.41) is 0. The molecule has 0 heterocycles. The summed E-state index contributed by atoms with van der Waals surface area (Å²) in [6.07, 6.45) is 0. The number of halogens is 1. The van der Waals surface area contributed by atoms with Gasteiger partial charge in [-0.15, -0.1) is 0 Å². The molecule has 0 aliphatic heterocycles. The fraction of sp³-hybridized carbons (Fsp3) is 0.133. The number of amides is 1. The lowest BCUT2D eigenvalue weighted by atomic mass is 10.1. The molecular weight excluding hydrogens is 246 g/mol. The third-order valence-corrected chi connectivity index (χ3v) is 3.30. The Hall–Kier alpha value is -1.80. The molecular formula is C15H14ClNO. The Morgan fingerprint density at radius 1 is 1.00 bits per heavy atom. The summed E-state index contributed by atoms with van der Waals surface area (Å²) in [6.45, 7) is 0. The lowest BCUT2D eigenvalue weighted by Gasteiger charge is -2.23. The molecule has 2 nitrogen and oxygen atoms in total. The van der Waals surface area contributed by atoms with Crippen LogP contribution in [0, 0.1) is 0 Å². The van der Waals surface area contributed by atoms with Crippen molar-refractivity contribution >= 4 is 17.5 Å². The Bertz CT molecular complexity index is 513. The van der Waals surface area contributed by atoms with Crippen LogP contribution in [-0.2, 0) is 0 Å². The molecule has 3 heteroatoms. The Morgan fingerprint density at radius 3 is 2.06 bits per heavy atom. The molecule has 0 radical (unpaired) electrons. The van der Waals surface area contributed by atoms with E-state index in [4.69, 9.17) is 11.6 Å². The average molecular weight is 260 g/mol. The molecule has 1 unspecified atom stereocenters. The lowest BCUT2D eigenvalue weighted by Crippen LogP contribution is -2.28. The van der Waals surface area contributed by atoms with E-state index in [1.54, 1.807) is 19.2 Å². The molecule has 92 valence electrons. The van der Waals surface area contributed by atoms with Gasteiger partial charge in [0.2, 0.25) is 0 Å². The first-order valence-electron chi connectivity index (χ1n) is 5.71. The van der Waals surface area contributed by atoms with E-state index >= 15 is 0 Å². The van der Waals surface area contributed by atoms with Gasteiger partial charge in [0.1, 0.15) is 5.50 Å². The van der Waals surface area contributed by atoms with Crippen molar-refractivity contribution in [2.45, 2.75) is 5.50 Å². The Balaban J connectivity index is 2.17. The van der Waals surface area contributed by atoms with Crippen molar-refractivity contribution in [1.29, 1.82) is 0 Å². The van der Waals surface area contributed by atoms with Gasteiger partial charge in [-0.3, -0.25) is 4.79 Å². The zero-order valence-electron chi connectivity index (χ0n) is 10.1. The van der Waals surface area contributed by atoms with Gasteiger partial charge in [0, 0.05) is 12.6 Å². The minimum absolute atomic E-state index is 0.0838. The van der Waals surface area contributed by atoms with Crippen LogP contribution < -0.4 is 0 Å². The molecule has 0 saturated heterocycles. The van der Waals surface area contributed by atoms with Gasteiger partial charge in [0.15, 0.2) is 0 Å². The minimum Gasteiger partial charge on any atom is -0.321 e. The normalized spacial score (nSPS) is 11.9. The van der Waals surface area contributed by atoms with Crippen molar-refractivity contribution < 1.29 is 4.79 Å². The number of alkyl halides is 1. The molecule has 0 aliphatic carbocycles. The first-order valence-corrected chi connectivity index (χ1v) is 6.15. The largest absolute Gasteiger partial charge is 0.321 e. The standard InChI is InChI=1S/C15H14ClNO/c1-17(14(16)12-8-4-2-5-9-12)15(18)13-10-6-3-7-11-13/h2-11,14H,1H3. The van der Waals surface area contributed by atoms with E-state index in [1.165, 1.54) is 4.90 Å². The molecule has 0 spiro atoms. The fourth-order valence-corrected chi connectivity index (χ4v) is 1.96. The predicted octanol–water partition coefficient (Wildman–Crippen LogP) is 3.70. The topological polar surface area (TPSA) is 20.3 Å². The SMILES string of the molecule is CN(C(=O)c1ccccc1)C(Cl)c1ccccc1. The monoisotopic (exact) mass is 259 g/mol. The first kappa shape index (κ1) is 12.7. The number of hydrogen-bond acceptors (Lipinski definition) is 1. The van der Waals surface area contributed by atoms with Crippen molar-refractivity contribution in [2.75, 3.05) is 7.05 Å². The number of benzene rings is 2. The molecule has 1 amide bonds. The highest BCUT2D eigenvalue weighted by Crippen LogP contribution is 2.24. The van der Waals surface area contributed by atoms with Gasteiger partial charge in [-0.2, -0.15) is 0 Å². The molecule has 18 heavy (non-hydrogen) atoms. The van der Waals surface area contributed by atoms with Crippen molar-refractivity contribution in [1.82, 2.24) is 4.90 Å². The van der Waals surface area contributed by atoms with E-state index in [2.05, 4.69) is 0 Å². The van der Waals surface area contributed by atoms with Gasteiger partial charge in [0.05, 0.1) is 0 Å². The number of rotatable bonds is 3. The highest BCUT2D eigenvalue weighted by molar-refractivity contribution is 6.21. The van der Waals surface area contributed by atoms with Gasteiger partial charge in [0.25, 0.3) is 5.91 Å². The van der Waals surface area contributed by atoms with E-state index < -0.39 is 5.50 Å². The Kier molecular flexibility index (Phi) is 4.00. The van der Waals surface area contributed by atoms with Crippen LogP contribution in [0.5, 0.6) is 0 Å². The average Bonchev–Trinajstić information content (AvgIpc) is 2.47. The number of hydrogen-bond donors (Lipinski definition) is 0. The maximum Gasteiger partial charge on any atom is 0.255 e. The molecule has 0 aliphatic rings. The molecule has 2 aromatic carbocycles. The second kappa shape index (κ2) is 5.69. The van der Waals surface area contributed by atoms with Crippen LogP contribution in [0.1, 0.15) is 21.4 Å². The van der Waals surface area contributed by atoms with Crippen LogP contribution in [0.15, 0.2) is 60.7 Å². The van der Waals surface area contributed by atoms with E-state index in [-0.39, 0.29) is 5.91 Å². The van der Waals surface area contributed by atoms with Crippen LogP contribution in [-0.4, -0.2) is 17.9 Å².